The van der Waals surface area contributed by atoms with Gasteiger partial charge in [-0.05, 0) is 33.0 Å². The molecule has 0 aliphatic rings. The maximum Gasteiger partial charge on any atom is 0.242 e. The first-order valence-corrected chi connectivity index (χ1v) is 8.33. The molecule has 0 saturated carbocycles. The highest BCUT2D eigenvalue weighted by Gasteiger charge is 2.22. The molecule has 1 atom stereocenters. The van der Waals surface area contributed by atoms with Crippen LogP contribution in [0.2, 0.25) is 0 Å². The summed E-state index contributed by atoms with van der Waals surface area (Å²) >= 11 is 1.64. The number of carbonyl (C=O) groups excluding carboxylic acids is 1. The molecule has 22 heavy (non-hydrogen) atoms. The monoisotopic (exact) mass is 317 g/mol. The second-order valence-electron chi connectivity index (χ2n) is 5.58. The summed E-state index contributed by atoms with van der Waals surface area (Å²) in [5, 5.41) is 6.11. The molecular formula is C17H23N3OS. The first-order chi connectivity index (χ1) is 10.5. The molecule has 5 heteroatoms. The van der Waals surface area contributed by atoms with Crippen molar-refractivity contribution in [3.05, 3.63) is 51.5 Å². The molecule has 118 valence electrons. The van der Waals surface area contributed by atoms with E-state index in [-0.39, 0.29) is 11.9 Å². The maximum absolute atomic E-state index is 12.6. The largest absolute Gasteiger partial charge is 0.349 e. The quantitative estimate of drug-likeness (QED) is 0.891. The van der Waals surface area contributed by atoms with Crippen molar-refractivity contribution < 1.29 is 4.79 Å². The number of benzene rings is 1. The van der Waals surface area contributed by atoms with Gasteiger partial charge in [-0.15, -0.1) is 11.3 Å². The van der Waals surface area contributed by atoms with E-state index in [9.17, 15) is 4.79 Å². The second-order valence-corrected chi connectivity index (χ2v) is 6.53. The molecule has 0 aliphatic carbocycles. The summed E-state index contributed by atoms with van der Waals surface area (Å²) in [6.07, 6.45) is 0.933. The zero-order valence-electron chi connectivity index (χ0n) is 13.6. The van der Waals surface area contributed by atoms with Gasteiger partial charge in [-0.1, -0.05) is 36.8 Å². The zero-order valence-corrected chi connectivity index (χ0v) is 14.4. The fraction of sp³-hybridized carbons (Fsp3) is 0.412. The summed E-state index contributed by atoms with van der Waals surface area (Å²) in [5.41, 5.74) is 3.09. The standard InChI is InChI=1S/C17H23N3OS/c1-5-15-19-14(11-22-15)10-18-17(21)16(20(3)4)13-8-6-7-12(2)9-13/h6-9,11,16H,5,10H2,1-4H3,(H,18,21)/t16-/m1/s1. The molecule has 0 saturated heterocycles. The van der Waals surface area contributed by atoms with Gasteiger partial charge < -0.3 is 5.32 Å². The van der Waals surface area contributed by atoms with E-state index in [0.717, 1.165) is 28.2 Å². The van der Waals surface area contributed by atoms with E-state index >= 15 is 0 Å². The van der Waals surface area contributed by atoms with Crippen molar-refractivity contribution in [1.82, 2.24) is 15.2 Å². The Morgan fingerprint density at radius 1 is 1.41 bits per heavy atom. The summed E-state index contributed by atoms with van der Waals surface area (Å²) in [6, 6.07) is 7.79. The number of thiazole rings is 1. The molecular weight excluding hydrogens is 294 g/mol. The predicted octanol–water partition coefficient (Wildman–Crippen LogP) is 2.93. The highest BCUT2D eigenvalue weighted by molar-refractivity contribution is 7.09. The molecule has 1 aromatic carbocycles. The Bertz CT molecular complexity index is 636. The highest BCUT2D eigenvalue weighted by atomic mass is 32.1. The van der Waals surface area contributed by atoms with Crippen molar-refractivity contribution >= 4 is 17.2 Å². The fourth-order valence-electron chi connectivity index (χ4n) is 2.39. The molecule has 0 radical (unpaired) electrons. The summed E-state index contributed by atoms with van der Waals surface area (Å²) in [4.78, 5) is 19.0. The van der Waals surface area contributed by atoms with E-state index in [2.05, 4.69) is 23.3 Å². The number of carbonyl (C=O) groups is 1. The fourth-order valence-corrected chi connectivity index (χ4v) is 3.14. The molecule has 0 bridgehead atoms. The first-order valence-electron chi connectivity index (χ1n) is 7.45. The van der Waals surface area contributed by atoms with Crippen molar-refractivity contribution in [2.45, 2.75) is 32.9 Å². The van der Waals surface area contributed by atoms with Crippen LogP contribution in [-0.2, 0) is 17.8 Å². The molecule has 0 unspecified atom stereocenters. The van der Waals surface area contributed by atoms with Gasteiger partial charge in [0.2, 0.25) is 5.91 Å². The Balaban J connectivity index is 2.07. The molecule has 0 fully saturated rings. The van der Waals surface area contributed by atoms with Gasteiger partial charge in [-0.3, -0.25) is 9.69 Å². The second kappa shape index (κ2) is 7.51. The minimum Gasteiger partial charge on any atom is -0.349 e. The van der Waals surface area contributed by atoms with Crippen LogP contribution in [0.1, 0.15) is 34.8 Å². The Morgan fingerprint density at radius 2 is 2.18 bits per heavy atom. The molecule has 2 aromatic rings. The summed E-state index contributed by atoms with van der Waals surface area (Å²) in [7, 11) is 3.84. The lowest BCUT2D eigenvalue weighted by atomic mass is 10.0. The molecule has 1 N–H and O–H groups in total. The Kier molecular flexibility index (Phi) is 5.69. The van der Waals surface area contributed by atoms with Crippen LogP contribution in [0.25, 0.3) is 0 Å². The molecule has 0 spiro atoms. The van der Waals surface area contributed by atoms with Gasteiger partial charge in [0.05, 0.1) is 17.2 Å². The van der Waals surface area contributed by atoms with Gasteiger partial charge in [0.15, 0.2) is 0 Å². The van der Waals surface area contributed by atoms with Crippen molar-refractivity contribution in [2.24, 2.45) is 0 Å². The van der Waals surface area contributed by atoms with Crippen LogP contribution in [0.15, 0.2) is 29.6 Å². The third-order valence-corrected chi connectivity index (χ3v) is 4.51. The van der Waals surface area contributed by atoms with Crippen LogP contribution in [0.4, 0.5) is 0 Å². The van der Waals surface area contributed by atoms with E-state index in [1.165, 1.54) is 0 Å². The van der Waals surface area contributed by atoms with Crippen molar-refractivity contribution in [3.63, 3.8) is 0 Å². The summed E-state index contributed by atoms with van der Waals surface area (Å²) < 4.78 is 0. The Hall–Kier alpha value is -1.72. The van der Waals surface area contributed by atoms with E-state index < -0.39 is 0 Å². The molecule has 2 rings (SSSR count). The third-order valence-electron chi connectivity index (χ3n) is 3.47. The van der Waals surface area contributed by atoms with Gasteiger partial charge >= 0.3 is 0 Å². The number of hydrogen-bond acceptors (Lipinski definition) is 4. The summed E-state index contributed by atoms with van der Waals surface area (Å²) in [6.45, 7) is 4.60. The summed E-state index contributed by atoms with van der Waals surface area (Å²) in [5.74, 6) is 0.00153. The number of nitrogens with zero attached hydrogens (tertiary/aromatic N) is 2. The van der Waals surface area contributed by atoms with Crippen LogP contribution in [0.3, 0.4) is 0 Å². The van der Waals surface area contributed by atoms with Gasteiger partial charge in [0.25, 0.3) is 0 Å². The van der Waals surface area contributed by atoms with E-state index in [0.29, 0.717) is 6.54 Å². The van der Waals surface area contributed by atoms with Crippen LogP contribution in [-0.4, -0.2) is 29.9 Å². The van der Waals surface area contributed by atoms with Crippen LogP contribution in [0.5, 0.6) is 0 Å². The van der Waals surface area contributed by atoms with Gasteiger partial charge in [0.1, 0.15) is 6.04 Å². The van der Waals surface area contributed by atoms with Gasteiger partial charge in [-0.2, -0.15) is 0 Å². The minimum atomic E-state index is -0.288. The molecule has 1 aromatic heterocycles. The lowest BCUT2D eigenvalue weighted by molar-refractivity contribution is -0.126. The molecule has 4 nitrogen and oxygen atoms in total. The molecule has 0 aliphatic heterocycles. The van der Waals surface area contributed by atoms with E-state index in [4.69, 9.17) is 0 Å². The van der Waals surface area contributed by atoms with Gasteiger partial charge in [-0.25, -0.2) is 4.98 Å². The molecule has 1 amide bonds. The number of nitrogens with one attached hydrogen (secondary N) is 1. The average molecular weight is 317 g/mol. The lowest BCUT2D eigenvalue weighted by Gasteiger charge is -2.24. The van der Waals surface area contributed by atoms with E-state index in [1.54, 1.807) is 11.3 Å². The number of rotatable bonds is 6. The predicted molar refractivity (Wildman–Crippen MR) is 90.9 cm³/mol. The smallest absolute Gasteiger partial charge is 0.242 e. The Labute approximate surface area is 136 Å². The van der Waals surface area contributed by atoms with Crippen molar-refractivity contribution in [2.75, 3.05) is 14.1 Å². The van der Waals surface area contributed by atoms with Crippen LogP contribution >= 0.6 is 11.3 Å². The number of likely N-dealkylation sites (N-methyl/N-ethyl adjacent to an activating group) is 1. The highest BCUT2D eigenvalue weighted by Crippen LogP contribution is 2.20. The number of amides is 1. The third kappa shape index (κ3) is 4.15. The SMILES string of the molecule is CCc1nc(CNC(=O)[C@@H](c2cccc(C)c2)N(C)C)cs1. The van der Waals surface area contributed by atoms with Gasteiger partial charge in [0, 0.05) is 5.38 Å². The number of hydrogen-bond donors (Lipinski definition) is 1. The average Bonchev–Trinajstić information content (AvgIpc) is 2.93. The lowest BCUT2D eigenvalue weighted by Crippen LogP contribution is -2.36. The van der Waals surface area contributed by atoms with Crippen molar-refractivity contribution in [3.8, 4) is 0 Å². The topological polar surface area (TPSA) is 45.2 Å². The maximum atomic E-state index is 12.6. The Morgan fingerprint density at radius 3 is 2.77 bits per heavy atom. The zero-order chi connectivity index (χ0) is 16.1. The number of aromatic nitrogens is 1. The van der Waals surface area contributed by atoms with Crippen molar-refractivity contribution in [1.29, 1.82) is 0 Å². The minimum absolute atomic E-state index is 0.00153. The first kappa shape index (κ1) is 16.6. The molecule has 1 heterocycles. The number of aryl methyl sites for hydroxylation is 2. The van der Waals surface area contributed by atoms with Crippen LogP contribution < -0.4 is 5.32 Å². The van der Waals surface area contributed by atoms with E-state index in [1.807, 2.05) is 49.5 Å². The van der Waals surface area contributed by atoms with Crippen LogP contribution in [0, 0.1) is 6.92 Å². The normalized spacial score (nSPS) is 12.4.